The number of halogens is 1. The van der Waals surface area contributed by atoms with Crippen LogP contribution in [0.25, 0.3) is 16.8 Å². The zero-order valence-electron chi connectivity index (χ0n) is 17.0. The lowest BCUT2D eigenvalue weighted by molar-refractivity contribution is -0.129. The van der Waals surface area contributed by atoms with Crippen LogP contribution in [0.15, 0.2) is 106 Å². The van der Waals surface area contributed by atoms with Crippen molar-refractivity contribution in [2.45, 2.75) is 6.61 Å². The molecular formula is C27H18BrNO3. The van der Waals surface area contributed by atoms with Crippen molar-refractivity contribution in [1.82, 2.24) is 0 Å². The van der Waals surface area contributed by atoms with Crippen molar-refractivity contribution in [2.75, 3.05) is 0 Å². The van der Waals surface area contributed by atoms with Crippen molar-refractivity contribution in [2.24, 2.45) is 4.99 Å². The first-order chi connectivity index (χ1) is 15.6. The minimum atomic E-state index is -0.455. The first-order valence-corrected chi connectivity index (χ1v) is 10.9. The zero-order valence-corrected chi connectivity index (χ0v) is 18.6. The molecule has 0 saturated heterocycles. The molecule has 5 heteroatoms. The quantitative estimate of drug-likeness (QED) is 0.239. The molecule has 0 spiro atoms. The van der Waals surface area contributed by atoms with Crippen LogP contribution in [0.4, 0.5) is 0 Å². The second-order valence-electron chi connectivity index (χ2n) is 7.38. The molecule has 1 aliphatic heterocycles. The predicted octanol–water partition coefficient (Wildman–Crippen LogP) is 6.53. The van der Waals surface area contributed by atoms with E-state index in [-0.39, 0.29) is 5.70 Å². The number of carbonyl (C=O) groups excluding carboxylic acids is 1. The van der Waals surface area contributed by atoms with Crippen LogP contribution in [0.1, 0.15) is 16.7 Å². The molecule has 4 nitrogen and oxygen atoms in total. The third-order valence-corrected chi connectivity index (χ3v) is 5.65. The summed E-state index contributed by atoms with van der Waals surface area (Å²) in [7, 11) is 0. The Morgan fingerprint density at radius 1 is 0.875 bits per heavy atom. The summed E-state index contributed by atoms with van der Waals surface area (Å²) in [4.78, 5) is 16.8. The van der Waals surface area contributed by atoms with Gasteiger partial charge in [-0.15, -0.1) is 0 Å². The van der Waals surface area contributed by atoms with Gasteiger partial charge in [0.25, 0.3) is 0 Å². The number of aliphatic imine (C=N–C) groups is 1. The molecule has 0 radical (unpaired) electrons. The van der Waals surface area contributed by atoms with Crippen molar-refractivity contribution in [3.05, 3.63) is 118 Å². The summed E-state index contributed by atoms with van der Waals surface area (Å²) >= 11 is 3.43. The number of carbonyl (C=O) groups is 1. The van der Waals surface area contributed by atoms with E-state index in [0.29, 0.717) is 12.5 Å². The van der Waals surface area contributed by atoms with Crippen molar-refractivity contribution in [3.63, 3.8) is 0 Å². The molecule has 0 fully saturated rings. The number of benzene rings is 4. The van der Waals surface area contributed by atoms with Crippen LogP contribution in [-0.2, 0) is 16.1 Å². The van der Waals surface area contributed by atoms with Crippen LogP contribution < -0.4 is 4.74 Å². The average Bonchev–Trinajstić information content (AvgIpc) is 3.19. The maximum absolute atomic E-state index is 12.3. The fourth-order valence-electron chi connectivity index (χ4n) is 3.42. The number of fused-ring (bicyclic) bond motifs is 1. The Balaban J connectivity index is 1.30. The monoisotopic (exact) mass is 483 g/mol. The summed E-state index contributed by atoms with van der Waals surface area (Å²) in [5.74, 6) is 0.620. The SMILES string of the molecule is O=C1OC(c2ccc3ccccc3c2)=N/C1=C\c1ccc(OCc2ccc(Br)cc2)cc1. The third-order valence-electron chi connectivity index (χ3n) is 5.12. The van der Waals surface area contributed by atoms with Gasteiger partial charge in [0.2, 0.25) is 5.90 Å². The van der Waals surface area contributed by atoms with E-state index in [1.807, 2.05) is 91.0 Å². The molecule has 0 N–H and O–H groups in total. The standard InChI is InChI=1S/C27H18BrNO3/c28-23-11-5-19(6-12-23)17-31-24-13-7-18(8-14-24)15-25-27(30)32-26(29-25)22-10-9-20-3-1-2-4-21(20)16-22/h1-16H,17H2/b25-15-. The topological polar surface area (TPSA) is 47.9 Å². The predicted molar refractivity (Wildman–Crippen MR) is 129 cm³/mol. The van der Waals surface area contributed by atoms with Crippen LogP contribution in [-0.4, -0.2) is 11.9 Å². The van der Waals surface area contributed by atoms with Gasteiger partial charge in [0.05, 0.1) is 0 Å². The lowest BCUT2D eigenvalue weighted by Gasteiger charge is -2.06. The minimum Gasteiger partial charge on any atom is -0.489 e. The van der Waals surface area contributed by atoms with E-state index in [1.165, 1.54) is 0 Å². The highest BCUT2D eigenvalue weighted by Gasteiger charge is 2.24. The molecule has 4 aromatic carbocycles. The van der Waals surface area contributed by atoms with Gasteiger partial charge >= 0.3 is 5.97 Å². The van der Waals surface area contributed by atoms with E-state index in [2.05, 4.69) is 20.9 Å². The number of esters is 1. The number of nitrogens with zero attached hydrogens (tertiary/aromatic N) is 1. The molecule has 0 aliphatic carbocycles. The number of hydrogen-bond donors (Lipinski definition) is 0. The number of rotatable bonds is 5. The molecule has 1 aliphatic rings. The molecule has 0 bridgehead atoms. The summed E-state index contributed by atoms with van der Waals surface area (Å²) in [5, 5.41) is 2.19. The Bertz CT molecular complexity index is 1360. The van der Waals surface area contributed by atoms with Crippen molar-refractivity contribution < 1.29 is 14.3 Å². The molecule has 156 valence electrons. The van der Waals surface area contributed by atoms with E-state index >= 15 is 0 Å². The van der Waals surface area contributed by atoms with Crippen molar-refractivity contribution >= 4 is 44.6 Å². The van der Waals surface area contributed by atoms with Crippen LogP contribution >= 0.6 is 15.9 Å². The van der Waals surface area contributed by atoms with Crippen molar-refractivity contribution in [1.29, 1.82) is 0 Å². The lowest BCUT2D eigenvalue weighted by atomic mass is 10.1. The van der Waals surface area contributed by atoms with Crippen LogP contribution in [0.3, 0.4) is 0 Å². The van der Waals surface area contributed by atoms with Crippen molar-refractivity contribution in [3.8, 4) is 5.75 Å². The summed E-state index contributed by atoms with van der Waals surface area (Å²) in [6, 6.07) is 29.4. The molecule has 0 atom stereocenters. The van der Waals surface area contributed by atoms with Gasteiger partial charge in [-0.25, -0.2) is 9.79 Å². The Kier molecular flexibility index (Phi) is 5.57. The molecule has 32 heavy (non-hydrogen) atoms. The summed E-state index contributed by atoms with van der Waals surface area (Å²) in [5.41, 5.74) is 2.98. The van der Waals surface area contributed by atoms with Crippen LogP contribution in [0, 0.1) is 0 Å². The van der Waals surface area contributed by atoms with Gasteiger partial charge in [0, 0.05) is 10.0 Å². The molecule has 0 unspecified atom stereocenters. The molecule has 5 rings (SSSR count). The molecule has 0 amide bonds. The molecular weight excluding hydrogens is 466 g/mol. The maximum atomic E-state index is 12.3. The Morgan fingerprint density at radius 2 is 1.62 bits per heavy atom. The van der Waals surface area contributed by atoms with Gasteiger partial charge in [-0.05, 0) is 64.4 Å². The lowest BCUT2D eigenvalue weighted by Crippen LogP contribution is -2.05. The summed E-state index contributed by atoms with van der Waals surface area (Å²) < 4.78 is 12.3. The van der Waals surface area contributed by atoms with E-state index < -0.39 is 5.97 Å². The maximum Gasteiger partial charge on any atom is 0.363 e. The van der Waals surface area contributed by atoms with E-state index in [0.717, 1.165) is 37.7 Å². The first kappa shape index (κ1) is 20.2. The fraction of sp³-hybridized carbons (Fsp3) is 0.0370. The number of ether oxygens (including phenoxy) is 2. The number of cyclic esters (lactones) is 1. The molecule has 0 aromatic heterocycles. The highest BCUT2D eigenvalue weighted by atomic mass is 79.9. The van der Waals surface area contributed by atoms with Crippen LogP contribution in [0.2, 0.25) is 0 Å². The van der Waals surface area contributed by atoms with E-state index in [4.69, 9.17) is 9.47 Å². The summed E-state index contributed by atoms with van der Waals surface area (Å²) in [6.45, 7) is 0.486. The van der Waals surface area contributed by atoms with Gasteiger partial charge in [-0.2, -0.15) is 0 Å². The van der Waals surface area contributed by atoms with Crippen LogP contribution in [0.5, 0.6) is 5.75 Å². The molecule has 0 saturated carbocycles. The minimum absolute atomic E-state index is 0.275. The third kappa shape index (κ3) is 4.48. The molecule has 1 heterocycles. The van der Waals surface area contributed by atoms with E-state index in [9.17, 15) is 4.79 Å². The number of hydrogen-bond acceptors (Lipinski definition) is 4. The van der Waals surface area contributed by atoms with Gasteiger partial charge in [0.1, 0.15) is 12.4 Å². The molecule has 4 aromatic rings. The summed E-state index contributed by atoms with van der Waals surface area (Å²) in [6.07, 6.45) is 1.72. The Hall–Kier alpha value is -3.70. The first-order valence-electron chi connectivity index (χ1n) is 10.1. The van der Waals surface area contributed by atoms with Gasteiger partial charge < -0.3 is 9.47 Å². The van der Waals surface area contributed by atoms with Gasteiger partial charge in [-0.3, -0.25) is 0 Å². The second kappa shape index (κ2) is 8.81. The normalized spacial score (nSPS) is 14.5. The average molecular weight is 484 g/mol. The Morgan fingerprint density at radius 3 is 2.41 bits per heavy atom. The largest absolute Gasteiger partial charge is 0.489 e. The van der Waals surface area contributed by atoms with Gasteiger partial charge in [0.15, 0.2) is 5.70 Å². The fourth-order valence-corrected chi connectivity index (χ4v) is 3.68. The Labute approximate surface area is 194 Å². The smallest absolute Gasteiger partial charge is 0.363 e. The van der Waals surface area contributed by atoms with Gasteiger partial charge in [-0.1, -0.05) is 70.5 Å². The highest BCUT2D eigenvalue weighted by molar-refractivity contribution is 9.10. The highest BCUT2D eigenvalue weighted by Crippen LogP contribution is 2.23. The van der Waals surface area contributed by atoms with E-state index in [1.54, 1.807) is 6.08 Å². The second-order valence-corrected chi connectivity index (χ2v) is 8.30. The zero-order chi connectivity index (χ0) is 21.9.